The first-order chi connectivity index (χ1) is 5.99. The molecule has 0 unspecified atom stereocenters. The van der Waals surface area contributed by atoms with Gasteiger partial charge in [0.1, 0.15) is 10.7 Å². The van der Waals surface area contributed by atoms with Crippen LogP contribution in [0.5, 0.6) is 0 Å². The molecule has 0 saturated heterocycles. The van der Waals surface area contributed by atoms with Gasteiger partial charge in [0.05, 0.1) is 5.02 Å². The van der Waals surface area contributed by atoms with Crippen LogP contribution < -0.4 is 4.72 Å². The van der Waals surface area contributed by atoms with Gasteiger partial charge in [-0.15, -0.1) is 0 Å². The Morgan fingerprint density at radius 1 is 1.46 bits per heavy atom. The zero-order valence-corrected chi connectivity index (χ0v) is 8.29. The third-order valence-electron chi connectivity index (χ3n) is 1.46. The zero-order valence-electron chi connectivity index (χ0n) is 6.71. The Kier molecular flexibility index (Phi) is 2.90. The van der Waals surface area contributed by atoms with Crippen LogP contribution in [-0.2, 0) is 10.0 Å². The van der Waals surface area contributed by atoms with Crippen molar-refractivity contribution in [3.05, 3.63) is 29.0 Å². The lowest BCUT2D eigenvalue weighted by molar-refractivity contribution is 0.562. The molecule has 0 spiro atoms. The summed E-state index contributed by atoms with van der Waals surface area (Å²) in [5.74, 6) is -0.859. The molecular formula is C7H7ClFNO2S. The van der Waals surface area contributed by atoms with Gasteiger partial charge in [0, 0.05) is 0 Å². The second-order valence-corrected chi connectivity index (χ2v) is 4.49. The molecule has 13 heavy (non-hydrogen) atoms. The van der Waals surface area contributed by atoms with Crippen LogP contribution in [0.4, 0.5) is 4.39 Å². The van der Waals surface area contributed by atoms with Gasteiger partial charge in [-0.2, -0.15) is 0 Å². The van der Waals surface area contributed by atoms with E-state index in [9.17, 15) is 12.8 Å². The monoisotopic (exact) mass is 223 g/mol. The maximum Gasteiger partial charge on any atom is 0.244 e. The van der Waals surface area contributed by atoms with E-state index in [0.29, 0.717) is 0 Å². The Morgan fingerprint density at radius 2 is 2.08 bits per heavy atom. The molecule has 0 bridgehead atoms. The second kappa shape index (κ2) is 3.61. The van der Waals surface area contributed by atoms with Crippen LogP contribution in [0.3, 0.4) is 0 Å². The fourth-order valence-corrected chi connectivity index (χ4v) is 2.16. The van der Waals surface area contributed by atoms with E-state index >= 15 is 0 Å². The quantitative estimate of drug-likeness (QED) is 0.824. The number of hydrogen-bond donors (Lipinski definition) is 1. The molecule has 6 heteroatoms. The predicted octanol–water partition coefficient (Wildman–Crippen LogP) is 1.39. The summed E-state index contributed by atoms with van der Waals surface area (Å²) in [6, 6.07) is 3.69. The van der Waals surface area contributed by atoms with Crippen LogP contribution in [0.1, 0.15) is 0 Å². The van der Waals surface area contributed by atoms with Crippen molar-refractivity contribution in [2.75, 3.05) is 7.05 Å². The van der Waals surface area contributed by atoms with Gasteiger partial charge < -0.3 is 0 Å². The first-order valence-electron chi connectivity index (χ1n) is 3.36. The molecular weight excluding hydrogens is 217 g/mol. The minimum atomic E-state index is -3.82. The van der Waals surface area contributed by atoms with Crippen LogP contribution in [0.15, 0.2) is 23.1 Å². The Balaban J connectivity index is 3.46. The Hall–Kier alpha value is -0.650. The summed E-state index contributed by atoms with van der Waals surface area (Å²) in [5, 5.41) is -0.130. The van der Waals surface area contributed by atoms with Crippen molar-refractivity contribution in [3.8, 4) is 0 Å². The van der Waals surface area contributed by atoms with Crippen LogP contribution >= 0.6 is 11.6 Å². The highest BCUT2D eigenvalue weighted by molar-refractivity contribution is 7.89. The van der Waals surface area contributed by atoms with Crippen LogP contribution in [0.2, 0.25) is 5.02 Å². The number of benzene rings is 1. The van der Waals surface area contributed by atoms with Crippen molar-refractivity contribution < 1.29 is 12.8 Å². The molecule has 0 aliphatic heterocycles. The fraction of sp³-hybridized carbons (Fsp3) is 0.143. The molecule has 0 aliphatic rings. The van der Waals surface area contributed by atoms with Crippen LogP contribution in [-0.4, -0.2) is 15.5 Å². The van der Waals surface area contributed by atoms with Gasteiger partial charge in [0.2, 0.25) is 10.0 Å². The standard InChI is InChI=1S/C7H7ClFNO2S/c1-10-13(11,12)7-5(8)3-2-4-6(7)9/h2-4,10H,1H3. The molecule has 0 saturated carbocycles. The van der Waals surface area contributed by atoms with Gasteiger partial charge in [-0.3, -0.25) is 0 Å². The first-order valence-corrected chi connectivity index (χ1v) is 5.22. The lowest BCUT2D eigenvalue weighted by Gasteiger charge is -2.04. The van der Waals surface area contributed by atoms with Crippen LogP contribution in [0, 0.1) is 5.82 Å². The summed E-state index contributed by atoms with van der Waals surface area (Å²) in [7, 11) is -2.62. The minimum Gasteiger partial charge on any atom is -0.214 e. The Morgan fingerprint density at radius 3 is 2.54 bits per heavy atom. The maximum absolute atomic E-state index is 13.0. The van der Waals surface area contributed by atoms with Gasteiger partial charge in [0.15, 0.2) is 0 Å². The average molecular weight is 224 g/mol. The van der Waals surface area contributed by atoms with Crippen molar-refractivity contribution in [1.82, 2.24) is 4.72 Å². The highest BCUT2D eigenvalue weighted by Crippen LogP contribution is 2.23. The average Bonchev–Trinajstić information content (AvgIpc) is 2.03. The molecule has 3 nitrogen and oxygen atoms in total. The summed E-state index contributed by atoms with van der Waals surface area (Å²) < 4.78 is 37.4. The van der Waals surface area contributed by atoms with Crippen molar-refractivity contribution in [1.29, 1.82) is 0 Å². The molecule has 1 aromatic rings. The zero-order chi connectivity index (χ0) is 10.1. The Bertz CT molecular complexity index is 398. The van der Waals surface area contributed by atoms with Gasteiger partial charge >= 0.3 is 0 Å². The molecule has 0 heterocycles. The summed E-state index contributed by atoms with van der Waals surface area (Å²) in [6.45, 7) is 0. The molecule has 1 aromatic carbocycles. The third-order valence-corrected chi connectivity index (χ3v) is 3.37. The second-order valence-electron chi connectivity index (χ2n) is 2.26. The van der Waals surface area contributed by atoms with E-state index in [0.717, 1.165) is 6.07 Å². The molecule has 72 valence electrons. The lowest BCUT2D eigenvalue weighted by atomic mass is 10.3. The number of sulfonamides is 1. The van der Waals surface area contributed by atoms with E-state index < -0.39 is 20.7 Å². The van der Waals surface area contributed by atoms with E-state index in [1.165, 1.54) is 19.2 Å². The van der Waals surface area contributed by atoms with Gasteiger partial charge in [-0.25, -0.2) is 17.5 Å². The van der Waals surface area contributed by atoms with Crippen molar-refractivity contribution >= 4 is 21.6 Å². The third kappa shape index (κ3) is 1.99. The highest BCUT2D eigenvalue weighted by Gasteiger charge is 2.20. The smallest absolute Gasteiger partial charge is 0.214 e. The van der Waals surface area contributed by atoms with E-state index in [2.05, 4.69) is 0 Å². The van der Waals surface area contributed by atoms with Gasteiger partial charge in [-0.1, -0.05) is 17.7 Å². The van der Waals surface area contributed by atoms with E-state index in [4.69, 9.17) is 11.6 Å². The SMILES string of the molecule is CNS(=O)(=O)c1c(F)cccc1Cl. The largest absolute Gasteiger partial charge is 0.244 e. The summed E-state index contributed by atoms with van der Waals surface area (Å²) in [4.78, 5) is -0.515. The Labute approximate surface area is 80.6 Å². The first kappa shape index (κ1) is 10.4. The summed E-state index contributed by atoms with van der Waals surface area (Å²) >= 11 is 5.53. The van der Waals surface area contributed by atoms with Gasteiger partial charge in [0.25, 0.3) is 0 Å². The normalized spacial score (nSPS) is 11.6. The molecule has 1 N–H and O–H groups in total. The molecule has 1 rings (SSSR count). The highest BCUT2D eigenvalue weighted by atomic mass is 35.5. The predicted molar refractivity (Wildman–Crippen MR) is 47.7 cm³/mol. The molecule has 0 atom stereocenters. The number of rotatable bonds is 2. The van der Waals surface area contributed by atoms with E-state index in [1.807, 2.05) is 4.72 Å². The molecule has 0 aliphatic carbocycles. The van der Waals surface area contributed by atoms with E-state index in [1.54, 1.807) is 0 Å². The van der Waals surface area contributed by atoms with Gasteiger partial charge in [-0.05, 0) is 19.2 Å². The molecule has 0 radical (unpaired) electrons. The minimum absolute atomic E-state index is 0.130. The van der Waals surface area contributed by atoms with E-state index in [-0.39, 0.29) is 5.02 Å². The summed E-state index contributed by atoms with van der Waals surface area (Å²) in [5.41, 5.74) is 0. The maximum atomic E-state index is 13.0. The topological polar surface area (TPSA) is 46.2 Å². The van der Waals surface area contributed by atoms with Crippen LogP contribution in [0.25, 0.3) is 0 Å². The van der Waals surface area contributed by atoms with Crippen molar-refractivity contribution in [2.45, 2.75) is 4.90 Å². The molecule has 0 aromatic heterocycles. The fourth-order valence-electron chi connectivity index (χ4n) is 0.841. The van der Waals surface area contributed by atoms with Crippen molar-refractivity contribution in [3.63, 3.8) is 0 Å². The number of nitrogens with one attached hydrogen (secondary N) is 1. The number of hydrogen-bond acceptors (Lipinski definition) is 2. The van der Waals surface area contributed by atoms with Crippen molar-refractivity contribution in [2.24, 2.45) is 0 Å². The molecule has 0 fully saturated rings. The lowest BCUT2D eigenvalue weighted by Crippen LogP contribution is -2.20. The molecule has 0 amide bonds. The number of halogens is 2. The summed E-state index contributed by atoms with van der Waals surface area (Å²) in [6.07, 6.45) is 0.